The van der Waals surface area contributed by atoms with Gasteiger partial charge in [-0.2, -0.15) is 0 Å². The molecule has 3 heteroatoms. The first-order valence-electron chi connectivity index (χ1n) is 8.18. The van der Waals surface area contributed by atoms with Crippen LogP contribution in [-0.2, 0) is 5.54 Å². The minimum atomic E-state index is -0.356. The van der Waals surface area contributed by atoms with E-state index >= 15 is 0 Å². The fraction of sp³-hybridized carbons (Fsp3) is 0.667. The summed E-state index contributed by atoms with van der Waals surface area (Å²) in [6.45, 7) is 11.1. The lowest BCUT2D eigenvalue weighted by Crippen LogP contribution is -2.54. The van der Waals surface area contributed by atoms with Crippen LogP contribution >= 0.6 is 0 Å². The van der Waals surface area contributed by atoms with Gasteiger partial charge in [0, 0.05) is 6.04 Å². The van der Waals surface area contributed by atoms with Crippen LogP contribution in [0, 0.1) is 0 Å². The summed E-state index contributed by atoms with van der Waals surface area (Å²) < 4.78 is 5.24. The molecule has 0 spiro atoms. The van der Waals surface area contributed by atoms with Gasteiger partial charge in [0.2, 0.25) is 0 Å². The molecule has 3 nitrogen and oxygen atoms in total. The Morgan fingerprint density at radius 3 is 2.00 bits per heavy atom. The van der Waals surface area contributed by atoms with Crippen molar-refractivity contribution in [1.82, 2.24) is 4.90 Å². The second-order valence-electron chi connectivity index (χ2n) is 5.97. The van der Waals surface area contributed by atoms with Crippen molar-refractivity contribution in [3.8, 4) is 5.75 Å². The van der Waals surface area contributed by atoms with Crippen LogP contribution in [-0.4, -0.2) is 31.1 Å². The molecule has 2 atom stereocenters. The zero-order valence-corrected chi connectivity index (χ0v) is 14.4. The molecule has 0 fully saturated rings. The van der Waals surface area contributed by atoms with E-state index in [2.05, 4.69) is 44.7 Å². The standard InChI is InChI=1S/C18H32N2O/c1-6-13-20(14-7-2)17(8-3)18(4,19)15-9-11-16(21-5)12-10-15/h9-12,17H,6-8,13-14,19H2,1-5H3. The lowest BCUT2D eigenvalue weighted by Gasteiger charge is -2.42. The van der Waals surface area contributed by atoms with Crippen molar-refractivity contribution in [3.05, 3.63) is 29.8 Å². The first-order valence-corrected chi connectivity index (χ1v) is 8.18. The van der Waals surface area contributed by atoms with Gasteiger partial charge in [0.05, 0.1) is 12.6 Å². The van der Waals surface area contributed by atoms with E-state index in [9.17, 15) is 0 Å². The van der Waals surface area contributed by atoms with Crippen molar-refractivity contribution in [2.24, 2.45) is 5.73 Å². The Morgan fingerprint density at radius 2 is 1.62 bits per heavy atom. The van der Waals surface area contributed by atoms with Gasteiger partial charge in [0.25, 0.3) is 0 Å². The number of hydrogen-bond acceptors (Lipinski definition) is 3. The molecule has 0 saturated carbocycles. The first-order chi connectivity index (χ1) is 10.0. The second-order valence-corrected chi connectivity index (χ2v) is 5.97. The third-order valence-electron chi connectivity index (χ3n) is 4.25. The van der Waals surface area contributed by atoms with E-state index < -0.39 is 0 Å². The summed E-state index contributed by atoms with van der Waals surface area (Å²) in [5.41, 5.74) is 7.58. The van der Waals surface area contributed by atoms with Gasteiger partial charge in [-0.3, -0.25) is 4.90 Å². The zero-order valence-electron chi connectivity index (χ0n) is 14.4. The quantitative estimate of drug-likeness (QED) is 0.753. The van der Waals surface area contributed by atoms with Gasteiger partial charge in [-0.05, 0) is 57.0 Å². The number of ether oxygens (including phenoxy) is 1. The fourth-order valence-electron chi connectivity index (χ4n) is 3.20. The van der Waals surface area contributed by atoms with Crippen molar-refractivity contribution < 1.29 is 4.74 Å². The van der Waals surface area contributed by atoms with Crippen molar-refractivity contribution in [2.75, 3.05) is 20.2 Å². The number of benzene rings is 1. The Morgan fingerprint density at radius 1 is 1.10 bits per heavy atom. The molecule has 0 amide bonds. The molecule has 0 radical (unpaired) electrons. The van der Waals surface area contributed by atoms with Gasteiger partial charge in [-0.1, -0.05) is 32.9 Å². The molecular formula is C18H32N2O. The molecule has 2 unspecified atom stereocenters. The maximum absolute atomic E-state index is 6.76. The SMILES string of the molecule is CCCN(CCC)C(CC)C(C)(N)c1ccc(OC)cc1. The molecule has 120 valence electrons. The topological polar surface area (TPSA) is 38.5 Å². The second kappa shape index (κ2) is 8.40. The summed E-state index contributed by atoms with van der Waals surface area (Å²) in [6, 6.07) is 8.54. The van der Waals surface area contributed by atoms with Crippen molar-refractivity contribution in [3.63, 3.8) is 0 Å². The van der Waals surface area contributed by atoms with Gasteiger partial charge < -0.3 is 10.5 Å². The molecule has 0 aromatic heterocycles. The molecule has 0 aliphatic carbocycles. The zero-order chi connectivity index (χ0) is 15.9. The van der Waals surface area contributed by atoms with Crippen molar-refractivity contribution in [2.45, 2.75) is 58.5 Å². The molecule has 21 heavy (non-hydrogen) atoms. The van der Waals surface area contributed by atoms with Crippen LogP contribution in [0.3, 0.4) is 0 Å². The Bertz CT molecular complexity index is 394. The van der Waals surface area contributed by atoms with Gasteiger partial charge >= 0.3 is 0 Å². The van der Waals surface area contributed by atoms with E-state index in [-0.39, 0.29) is 5.54 Å². The number of methoxy groups -OCH3 is 1. The molecule has 1 rings (SSSR count). The highest BCUT2D eigenvalue weighted by Gasteiger charge is 2.34. The molecule has 2 N–H and O–H groups in total. The normalized spacial score (nSPS) is 15.8. The maximum Gasteiger partial charge on any atom is 0.118 e. The molecule has 0 aliphatic rings. The largest absolute Gasteiger partial charge is 0.497 e. The van der Waals surface area contributed by atoms with Crippen molar-refractivity contribution in [1.29, 1.82) is 0 Å². The highest BCUT2D eigenvalue weighted by molar-refractivity contribution is 5.32. The van der Waals surface area contributed by atoms with Crippen LogP contribution in [0.25, 0.3) is 0 Å². The van der Waals surface area contributed by atoms with E-state index in [1.807, 2.05) is 12.1 Å². The molecule has 0 heterocycles. The summed E-state index contributed by atoms with van der Waals surface area (Å²) in [7, 11) is 1.69. The lowest BCUT2D eigenvalue weighted by atomic mass is 9.83. The van der Waals surface area contributed by atoms with Crippen molar-refractivity contribution >= 4 is 0 Å². The van der Waals surface area contributed by atoms with Crippen LogP contribution < -0.4 is 10.5 Å². The van der Waals surface area contributed by atoms with E-state index in [1.165, 1.54) is 5.56 Å². The van der Waals surface area contributed by atoms with Gasteiger partial charge in [0.1, 0.15) is 5.75 Å². The molecule has 1 aromatic rings. The predicted molar refractivity (Wildman–Crippen MR) is 90.8 cm³/mol. The third kappa shape index (κ3) is 4.45. The Labute approximate surface area is 130 Å². The number of rotatable bonds is 9. The average Bonchev–Trinajstić information content (AvgIpc) is 2.48. The predicted octanol–water partition coefficient (Wildman–Crippen LogP) is 3.77. The van der Waals surface area contributed by atoms with E-state index in [1.54, 1.807) is 7.11 Å². The lowest BCUT2D eigenvalue weighted by molar-refractivity contribution is 0.122. The number of nitrogens with zero attached hydrogens (tertiary/aromatic N) is 1. The minimum Gasteiger partial charge on any atom is -0.497 e. The van der Waals surface area contributed by atoms with Gasteiger partial charge in [-0.25, -0.2) is 0 Å². The molecule has 0 saturated heterocycles. The first kappa shape index (κ1) is 18.0. The van der Waals surface area contributed by atoms with Gasteiger partial charge in [0.15, 0.2) is 0 Å². The van der Waals surface area contributed by atoms with Crippen LogP contribution in [0.15, 0.2) is 24.3 Å². The summed E-state index contributed by atoms with van der Waals surface area (Å²) in [5, 5.41) is 0. The van der Waals surface area contributed by atoms with Crippen LogP contribution in [0.1, 0.15) is 52.5 Å². The summed E-state index contributed by atoms with van der Waals surface area (Å²) >= 11 is 0. The highest BCUT2D eigenvalue weighted by atomic mass is 16.5. The summed E-state index contributed by atoms with van der Waals surface area (Å²) in [5.74, 6) is 0.876. The average molecular weight is 292 g/mol. The Kier molecular flexibility index (Phi) is 7.20. The van der Waals surface area contributed by atoms with Crippen LogP contribution in [0.2, 0.25) is 0 Å². The number of nitrogens with two attached hydrogens (primary N) is 1. The van der Waals surface area contributed by atoms with Crippen LogP contribution in [0.5, 0.6) is 5.75 Å². The van der Waals surface area contributed by atoms with Gasteiger partial charge in [-0.15, -0.1) is 0 Å². The Balaban J connectivity index is 3.02. The fourth-order valence-corrected chi connectivity index (χ4v) is 3.20. The summed E-state index contributed by atoms with van der Waals surface area (Å²) in [6.07, 6.45) is 3.38. The third-order valence-corrected chi connectivity index (χ3v) is 4.25. The van der Waals surface area contributed by atoms with E-state index in [4.69, 9.17) is 10.5 Å². The number of hydrogen-bond donors (Lipinski definition) is 1. The molecule has 0 aliphatic heterocycles. The van der Waals surface area contributed by atoms with E-state index in [0.717, 1.165) is 38.1 Å². The van der Waals surface area contributed by atoms with E-state index in [0.29, 0.717) is 6.04 Å². The molecule has 1 aromatic carbocycles. The monoisotopic (exact) mass is 292 g/mol. The molecular weight excluding hydrogens is 260 g/mol. The molecule has 0 bridgehead atoms. The maximum atomic E-state index is 6.76. The Hall–Kier alpha value is -1.06. The highest BCUT2D eigenvalue weighted by Crippen LogP contribution is 2.29. The smallest absolute Gasteiger partial charge is 0.118 e. The minimum absolute atomic E-state index is 0.353. The van der Waals surface area contributed by atoms with Crippen LogP contribution in [0.4, 0.5) is 0 Å². The summed E-state index contributed by atoms with van der Waals surface area (Å²) in [4.78, 5) is 2.55.